The van der Waals surface area contributed by atoms with Gasteiger partial charge in [0.25, 0.3) is 0 Å². The number of hydrazine groups is 1. The van der Waals surface area contributed by atoms with Crippen molar-refractivity contribution in [2.24, 2.45) is 11.8 Å². The lowest BCUT2D eigenvalue weighted by Crippen LogP contribution is -2.42. The molecule has 1 aromatic heterocycles. The number of aromatic nitrogens is 1. The van der Waals surface area contributed by atoms with Crippen molar-refractivity contribution < 1.29 is 0 Å². The lowest BCUT2D eigenvalue weighted by Gasteiger charge is -2.20. The second kappa shape index (κ2) is 5.57. The van der Waals surface area contributed by atoms with E-state index in [1.165, 1.54) is 27.6 Å². The third-order valence-electron chi connectivity index (χ3n) is 3.48. The molecule has 0 aliphatic carbocycles. The molecule has 0 spiro atoms. The van der Waals surface area contributed by atoms with Crippen LogP contribution in [-0.4, -0.2) is 22.5 Å². The molecular formula is C13H17N3S2. The number of thioether (sulfide) groups is 1. The van der Waals surface area contributed by atoms with Gasteiger partial charge in [0.15, 0.2) is 0 Å². The van der Waals surface area contributed by atoms with Gasteiger partial charge in [-0.2, -0.15) is 11.8 Å². The minimum atomic E-state index is 0.362. The highest BCUT2D eigenvalue weighted by atomic mass is 32.2. The Labute approximate surface area is 115 Å². The van der Waals surface area contributed by atoms with Gasteiger partial charge in [-0.25, -0.2) is 4.98 Å². The van der Waals surface area contributed by atoms with Gasteiger partial charge in [-0.15, -0.1) is 11.3 Å². The van der Waals surface area contributed by atoms with Crippen molar-refractivity contribution >= 4 is 33.3 Å². The van der Waals surface area contributed by atoms with Crippen molar-refractivity contribution in [3.8, 4) is 0 Å². The van der Waals surface area contributed by atoms with Gasteiger partial charge in [0.1, 0.15) is 0 Å². The summed E-state index contributed by atoms with van der Waals surface area (Å²) in [6.07, 6.45) is 2.21. The number of nitrogens with one attached hydrogen (secondary N) is 1. The fourth-order valence-electron chi connectivity index (χ4n) is 2.43. The first-order valence-electron chi connectivity index (χ1n) is 6.25. The summed E-state index contributed by atoms with van der Waals surface area (Å²) in [7, 11) is 0. The molecule has 2 aromatic rings. The molecule has 1 aliphatic heterocycles. The Morgan fingerprint density at radius 1 is 1.44 bits per heavy atom. The zero-order chi connectivity index (χ0) is 12.4. The number of para-hydroxylation sites is 1. The van der Waals surface area contributed by atoms with Crippen LogP contribution in [0.25, 0.3) is 10.2 Å². The maximum Gasteiger partial charge on any atom is 0.0954 e. The molecule has 3 N–H and O–H groups in total. The van der Waals surface area contributed by atoms with Gasteiger partial charge in [0, 0.05) is 12.5 Å². The normalized spacial score (nSPS) is 21.5. The molecule has 0 radical (unpaired) electrons. The van der Waals surface area contributed by atoms with Crippen LogP contribution in [0.15, 0.2) is 24.3 Å². The van der Waals surface area contributed by atoms with Crippen LogP contribution in [0.5, 0.6) is 0 Å². The van der Waals surface area contributed by atoms with Gasteiger partial charge < -0.3 is 0 Å². The van der Waals surface area contributed by atoms with Gasteiger partial charge >= 0.3 is 0 Å². The fraction of sp³-hybridized carbons (Fsp3) is 0.462. The van der Waals surface area contributed by atoms with E-state index in [9.17, 15) is 0 Å². The second-order valence-electron chi connectivity index (χ2n) is 4.68. The predicted molar refractivity (Wildman–Crippen MR) is 79.9 cm³/mol. The summed E-state index contributed by atoms with van der Waals surface area (Å²) in [5, 5.41) is 1.19. The number of rotatable bonds is 4. The highest BCUT2D eigenvalue weighted by Gasteiger charge is 2.25. The van der Waals surface area contributed by atoms with Crippen LogP contribution in [0.1, 0.15) is 11.4 Å². The van der Waals surface area contributed by atoms with Gasteiger partial charge in [0.05, 0.1) is 15.2 Å². The molecule has 96 valence electrons. The molecule has 2 unspecified atom stereocenters. The van der Waals surface area contributed by atoms with Crippen molar-refractivity contribution in [2.75, 3.05) is 11.5 Å². The number of fused-ring (bicyclic) bond motifs is 1. The molecule has 2 atom stereocenters. The van der Waals surface area contributed by atoms with Gasteiger partial charge in [0.2, 0.25) is 0 Å². The third kappa shape index (κ3) is 2.54. The number of nitrogens with two attached hydrogens (primary N) is 1. The van der Waals surface area contributed by atoms with Crippen LogP contribution in [-0.2, 0) is 6.42 Å². The van der Waals surface area contributed by atoms with Crippen LogP contribution in [0.4, 0.5) is 0 Å². The van der Waals surface area contributed by atoms with Crippen molar-refractivity contribution in [1.29, 1.82) is 0 Å². The van der Waals surface area contributed by atoms with Crippen LogP contribution in [0, 0.1) is 5.92 Å². The van der Waals surface area contributed by atoms with E-state index in [1.54, 1.807) is 11.3 Å². The fourth-order valence-corrected chi connectivity index (χ4v) is 4.79. The first-order valence-corrected chi connectivity index (χ1v) is 8.22. The van der Waals surface area contributed by atoms with Gasteiger partial charge in [-0.1, -0.05) is 12.1 Å². The summed E-state index contributed by atoms with van der Waals surface area (Å²) in [5.74, 6) is 8.89. The van der Waals surface area contributed by atoms with Crippen molar-refractivity contribution in [2.45, 2.75) is 18.9 Å². The molecule has 0 amide bonds. The van der Waals surface area contributed by atoms with E-state index in [4.69, 9.17) is 5.84 Å². The van der Waals surface area contributed by atoms with Gasteiger partial charge in [-0.3, -0.25) is 11.3 Å². The summed E-state index contributed by atoms with van der Waals surface area (Å²) < 4.78 is 1.27. The lowest BCUT2D eigenvalue weighted by molar-refractivity contribution is 0.386. The van der Waals surface area contributed by atoms with Crippen LogP contribution in [0.2, 0.25) is 0 Å². The number of benzene rings is 1. The Morgan fingerprint density at radius 3 is 3.06 bits per heavy atom. The Kier molecular flexibility index (Phi) is 3.84. The van der Waals surface area contributed by atoms with Crippen LogP contribution < -0.4 is 11.3 Å². The van der Waals surface area contributed by atoms with E-state index in [0.29, 0.717) is 12.0 Å². The topological polar surface area (TPSA) is 50.9 Å². The highest BCUT2D eigenvalue weighted by Crippen LogP contribution is 2.29. The molecule has 1 fully saturated rings. The van der Waals surface area contributed by atoms with Crippen LogP contribution in [0.3, 0.4) is 0 Å². The molecule has 0 saturated carbocycles. The lowest BCUT2D eigenvalue weighted by atomic mass is 9.97. The van der Waals surface area contributed by atoms with Crippen molar-refractivity contribution in [1.82, 2.24) is 10.4 Å². The largest absolute Gasteiger partial charge is 0.271 e. The van der Waals surface area contributed by atoms with E-state index in [-0.39, 0.29) is 0 Å². The average Bonchev–Trinajstić information content (AvgIpc) is 3.04. The summed E-state index contributed by atoms with van der Waals surface area (Å²) in [5.41, 5.74) is 4.10. The molecule has 2 heterocycles. The Bertz CT molecular complexity index is 487. The molecule has 3 nitrogen and oxygen atoms in total. The summed E-state index contributed by atoms with van der Waals surface area (Å²) in [6, 6.07) is 8.67. The molecular weight excluding hydrogens is 262 g/mol. The molecule has 1 saturated heterocycles. The quantitative estimate of drug-likeness (QED) is 0.666. The van der Waals surface area contributed by atoms with E-state index in [1.807, 2.05) is 17.8 Å². The van der Waals surface area contributed by atoms with E-state index in [0.717, 1.165) is 11.9 Å². The maximum absolute atomic E-state index is 5.71. The standard InChI is InChI=1S/C13H17N3S2/c14-16-11(9-5-6-17-8-9)7-13-15-10-3-1-2-4-12(10)18-13/h1-4,9,11,16H,5-8,14H2. The third-order valence-corrected chi connectivity index (χ3v) is 5.73. The average molecular weight is 279 g/mol. The minimum absolute atomic E-state index is 0.362. The number of hydrogen-bond donors (Lipinski definition) is 2. The summed E-state index contributed by atoms with van der Waals surface area (Å²) in [6.45, 7) is 0. The first kappa shape index (κ1) is 12.4. The SMILES string of the molecule is NNC(Cc1nc2ccccc2s1)C1CCSC1. The second-order valence-corrected chi connectivity index (χ2v) is 6.94. The molecule has 1 aliphatic rings. The summed E-state index contributed by atoms with van der Waals surface area (Å²) >= 11 is 3.82. The van der Waals surface area contributed by atoms with Crippen molar-refractivity contribution in [3.63, 3.8) is 0 Å². The Balaban J connectivity index is 1.77. The molecule has 5 heteroatoms. The summed E-state index contributed by atoms with van der Waals surface area (Å²) in [4.78, 5) is 4.69. The van der Waals surface area contributed by atoms with Crippen molar-refractivity contribution in [3.05, 3.63) is 29.3 Å². The van der Waals surface area contributed by atoms with E-state index in [2.05, 4.69) is 28.6 Å². The molecule has 0 bridgehead atoms. The van der Waals surface area contributed by atoms with E-state index >= 15 is 0 Å². The smallest absolute Gasteiger partial charge is 0.0954 e. The molecule has 1 aromatic carbocycles. The first-order chi connectivity index (χ1) is 8.86. The number of thiazole rings is 1. The van der Waals surface area contributed by atoms with E-state index < -0.39 is 0 Å². The number of hydrogen-bond acceptors (Lipinski definition) is 5. The molecule has 18 heavy (non-hydrogen) atoms. The van der Waals surface area contributed by atoms with Gasteiger partial charge in [-0.05, 0) is 36.0 Å². The number of nitrogens with zero attached hydrogens (tertiary/aromatic N) is 1. The van der Waals surface area contributed by atoms with Crippen LogP contribution >= 0.6 is 23.1 Å². The zero-order valence-corrected chi connectivity index (χ0v) is 11.8. The Hall–Kier alpha value is -0.620. The zero-order valence-electron chi connectivity index (χ0n) is 10.1. The highest BCUT2D eigenvalue weighted by molar-refractivity contribution is 7.99. The minimum Gasteiger partial charge on any atom is -0.271 e. The Morgan fingerprint density at radius 2 is 2.33 bits per heavy atom. The maximum atomic E-state index is 5.71. The predicted octanol–water partition coefficient (Wildman–Crippen LogP) is 2.42. The molecule has 3 rings (SSSR count). The monoisotopic (exact) mass is 279 g/mol.